The van der Waals surface area contributed by atoms with Crippen molar-refractivity contribution in [1.29, 1.82) is 0 Å². The molecule has 2 nitrogen and oxygen atoms in total. The molecule has 0 fully saturated rings. The Morgan fingerprint density at radius 3 is 2.29 bits per heavy atom. The predicted molar refractivity (Wildman–Crippen MR) is 72.5 cm³/mol. The van der Waals surface area contributed by atoms with E-state index in [0.717, 1.165) is 21.1 Å². The van der Waals surface area contributed by atoms with E-state index in [2.05, 4.69) is 4.98 Å². The zero-order chi connectivity index (χ0) is 12.6. The highest BCUT2D eigenvalue weighted by molar-refractivity contribution is 7.15. The maximum Gasteiger partial charge on any atom is 0.123 e. The van der Waals surface area contributed by atoms with Crippen LogP contribution in [0.3, 0.4) is 0 Å². The van der Waals surface area contributed by atoms with Crippen LogP contribution in [0.1, 0.15) is 24.4 Å². The standard InChI is InChI=1S/C13H14ClNOS/c1-8-11(13(2,3)16)17-12(15-8)9-4-6-10(14)7-5-9/h4-7,16H,1-3H3. The van der Waals surface area contributed by atoms with E-state index in [4.69, 9.17) is 11.6 Å². The third-order valence-electron chi connectivity index (χ3n) is 2.44. The molecule has 1 aromatic heterocycles. The molecule has 0 radical (unpaired) electrons. The highest BCUT2D eigenvalue weighted by Crippen LogP contribution is 2.34. The topological polar surface area (TPSA) is 33.1 Å². The van der Waals surface area contributed by atoms with Crippen LogP contribution in [0, 0.1) is 6.92 Å². The summed E-state index contributed by atoms with van der Waals surface area (Å²) in [7, 11) is 0. The molecule has 0 aliphatic heterocycles. The van der Waals surface area contributed by atoms with Crippen LogP contribution in [-0.4, -0.2) is 10.1 Å². The van der Waals surface area contributed by atoms with Gasteiger partial charge in [-0.25, -0.2) is 4.98 Å². The molecule has 2 rings (SSSR count). The van der Waals surface area contributed by atoms with Gasteiger partial charge in [0.2, 0.25) is 0 Å². The molecule has 0 spiro atoms. The molecule has 90 valence electrons. The Kier molecular flexibility index (Phi) is 3.25. The molecule has 0 unspecified atom stereocenters. The van der Waals surface area contributed by atoms with Gasteiger partial charge in [0.1, 0.15) is 5.01 Å². The summed E-state index contributed by atoms with van der Waals surface area (Å²) < 4.78 is 0. The van der Waals surface area contributed by atoms with Crippen LogP contribution >= 0.6 is 22.9 Å². The van der Waals surface area contributed by atoms with Crippen molar-refractivity contribution in [1.82, 2.24) is 4.98 Å². The van der Waals surface area contributed by atoms with Crippen molar-refractivity contribution < 1.29 is 5.11 Å². The van der Waals surface area contributed by atoms with E-state index in [-0.39, 0.29) is 0 Å². The summed E-state index contributed by atoms with van der Waals surface area (Å²) in [5.41, 5.74) is 1.07. The Morgan fingerprint density at radius 2 is 1.82 bits per heavy atom. The fraction of sp³-hybridized carbons (Fsp3) is 0.308. The number of nitrogens with zero attached hydrogens (tertiary/aromatic N) is 1. The Hall–Kier alpha value is -0.900. The van der Waals surface area contributed by atoms with E-state index in [1.165, 1.54) is 11.3 Å². The molecule has 4 heteroatoms. The molecule has 0 aliphatic carbocycles. The van der Waals surface area contributed by atoms with Crippen LogP contribution in [0.5, 0.6) is 0 Å². The fourth-order valence-electron chi connectivity index (χ4n) is 1.68. The number of hydrogen-bond acceptors (Lipinski definition) is 3. The Morgan fingerprint density at radius 1 is 1.24 bits per heavy atom. The maximum absolute atomic E-state index is 10.0. The number of benzene rings is 1. The number of rotatable bonds is 2. The van der Waals surface area contributed by atoms with Crippen molar-refractivity contribution in [3.8, 4) is 10.6 Å². The number of aliphatic hydroxyl groups is 1. The smallest absolute Gasteiger partial charge is 0.123 e. The monoisotopic (exact) mass is 267 g/mol. The normalized spacial score (nSPS) is 11.8. The van der Waals surface area contributed by atoms with Crippen LogP contribution in [-0.2, 0) is 5.60 Å². The number of hydrogen-bond donors (Lipinski definition) is 1. The molecular formula is C13H14ClNOS. The van der Waals surface area contributed by atoms with Crippen LogP contribution < -0.4 is 0 Å². The highest BCUT2D eigenvalue weighted by atomic mass is 35.5. The first-order valence-corrected chi connectivity index (χ1v) is 6.53. The van der Waals surface area contributed by atoms with Gasteiger partial charge < -0.3 is 5.11 Å². The lowest BCUT2D eigenvalue weighted by Crippen LogP contribution is -2.14. The second kappa shape index (κ2) is 4.41. The van der Waals surface area contributed by atoms with E-state index in [0.29, 0.717) is 5.02 Å². The third-order valence-corrected chi connectivity index (χ3v) is 4.21. The largest absolute Gasteiger partial charge is 0.385 e. The van der Waals surface area contributed by atoms with E-state index >= 15 is 0 Å². The summed E-state index contributed by atoms with van der Waals surface area (Å²) in [4.78, 5) is 5.40. The molecule has 1 N–H and O–H groups in total. The number of aryl methyl sites for hydroxylation is 1. The van der Waals surface area contributed by atoms with Gasteiger partial charge in [0.15, 0.2) is 0 Å². The Balaban J connectivity index is 2.45. The van der Waals surface area contributed by atoms with Gasteiger partial charge in [-0.3, -0.25) is 0 Å². The van der Waals surface area contributed by atoms with Gasteiger partial charge in [-0.1, -0.05) is 23.7 Å². The van der Waals surface area contributed by atoms with Crippen molar-refractivity contribution in [2.75, 3.05) is 0 Å². The zero-order valence-corrected chi connectivity index (χ0v) is 11.6. The van der Waals surface area contributed by atoms with Crippen molar-refractivity contribution in [2.45, 2.75) is 26.4 Å². The molecular weight excluding hydrogens is 254 g/mol. The summed E-state index contributed by atoms with van der Waals surface area (Å²) in [6.07, 6.45) is 0. The minimum Gasteiger partial charge on any atom is -0.385 e. The Bertz CT molecular complexity index is 525. The van der Waals surface area contributed by atoms with Gasteiger partial charge in [-0.2, -0.15) is 0 Å². The van der Waals surface area contributed by atoms with E-state index in [1.807, 2.05) is 31.2 Å². The quantitative estimate of drug-likeness (QED) is 0.892. The average molecular weight is 268 g/mol. The van der Waals surface area contributed by atoms with Gasteiger partial charge in [0, 0.05) is 10.6 Å². The van der Waals surface area contributed by atoms with Crippen LogP contribution in [0.25, 0.3) is 10.6 Å². The second-order valence-corrected chi connectivity index (χ2v) is 5.93. The number of aromatic nitrogens is 1. The SMILES string of the molecule is Cc1nc(-c2ccc(Cl)cc2)sc1C(C)(C)O. The lowest BCUT2D eigenvalue weighted by molar-refractivity contribution is 0.0817. The van der Waals surface area contributed by atoms with Crippen molar-refractivity contribution in [2.24, 2.45) is 0 Å². The molecule has 1 aromatic carbocycles. The van der Waals surface area contributed by atoms with Gasteiger partial charge in [-0.15, -0.1) is 11.3 Å². The summed E-state index contributed by atoms with van der Waals surface area (Å²) >= 11 is 7.37. The van der Waals surface area contributed by atoms with Crippen LogP contribution in [0.4, 0.5) is 0 Å². The fourth-order valence-corrected chi connectivity index (χ4v) is 2.88. The number of thiazole rings is 1. The third kappa shape index (κ3) is 2.68. The molecule has 0 aliphatic rings. The predicted octanol–water partition coefficient (Wildman–Crippen LogP) is 4.00. The first-order chi connectivity index (χ1) is 7.88. The first kappa shape index (κ1) is 12.6. The summed E-state index contributed by atoms with van der Waals surface area (Å²) in [6.45, 7) is 5.47. The molecule has 0 amide bonds. The van der Waals surface area contributed by atoms with Crippen molar-refractivity contribution in [3.63, 3.8) is 0 Å². The van der Waals surface area contributed by atoms with Gasteiger partial charge >= 0.3 is 0 Å². The minimum atomic E-state index is -0.841. The second-order valence-electron chi connectivity index (χ2n) is 4.50. The summed E-state index contributed by atoms with van der Waals surface area (Å²) in [5, 5.41) is 11.6. The lowest BCUT2D eigenvalue weighted by atomic mass is 10.1. The van der Waals surface area contributed by atoms with E-state index in [9.17, 15) is 5.11 Å². The number of halogens is 1. The van der Waals surface area contributed by atoms with Crippen molar-refractivity contribution >= 4 is 22.9 Å². The van der Waals surface area contributed by atoms with Crippen molar-refractivity contribution in [3.05, 3.63) is 39.9 Å². The maximum atomic E-state index is 10.0. The van der Waals surface area contributed by atoms with Gasteiger partial charge in [-0.05, 0) is 32.9 Å². The van der Waals surface area contributed by atoms with Gasteiger partial charge in [0.25, 0.3) is 0 Å². The molecule has 0 atom stereocenters. The lowest BCUT2D eigenvalue weighted by Gasteiger charge is -2.14. The molecule has 1 heterocycles. The average Bonchev–Trinajstić information content (AvgIpc) is 2.61. The highest BCUT2D eigenvalue weighted by Gasteiger charge is 2.23. The van der Waals surface area contributed by atoms with Gasteiger partial charge in [0.05, 0.1) is 16.2 Å². The minimum absolute atomic E-state index is 0.713. The molecule has 0 saturated carbocycles. The first-order valence-electron chi connectivity index (χ1n) is 5.34. The van der Waals surface area contributed by atoms with Crippen LogP contribution in [0.15, 0.2) is 24.3 Å². The Labute approximate surface area is 110 Å². The molecule has 0 saturated heterocycles. The summed E-state index contributed by atoms with van der Waals surface area (Å²) in [5.74, 6) is 0. The molecule has 0 bridgehead atoms. The van der Waals surface area contributed by atoms with E-state index < -0.39 is 5.60 Å². The van der Waals surface area contributed by atoms with Crippen LogP contribution in [0.2, 0.25) is 5.02 Å². The summed E-state index contributed by atoms with van der Waals surface area (Å²) in [6, 6.07) is 7.57. The zero-order valence-electron chi connectivity index (χ0n) is 9.99. The van der Waals surface area contributed by atoms with E-state index in [1.54, 1.807) is 13.8 Å². The molecule has 17 heavy (non-hydrogen) atoms. The molecule has 2 aromatic rings.